The molecule has 1 aromatic rings. The third kappa shape index (κ3) is 3.65. The second kappa shape index (κ2) is 7.60. The van der Waals surface area contributed by atoms with Gasteiger partial charge in [0.05, 0.1) is 0 Å². The van der Waals surface area contributed by atoms with E-state index < -0.39 is 0 Å². The Morgan fingerprint density at radius 3 is 2.81 bits per heavy atom. The van der Waals surface area contributed by atoms with E-state index in [9.17, 15) is 4.79 Å². The molecule has 0 saturated carbocycles. The summed E-state index contributed by atoms with van der Waals surface area (Å²) in [4.78, 5) is 12.0. The second-order valence-corrected chi connectivity index (χ2v) is 6.00. The molecule has 2 atom stereocenters. The van der Waals surface area contributed by atoms with E-state index in [4.69, 9.17) is 0 Å². The summed E-state index contributed by atoms with van der Waals surface area (Å²) in [5.41, 5.74) is 3.29. The van der Waals surface area contributed by atoms with Crippen LogP contribution in [0.5, 0.6) is 0 Å². The predicted molar refractivity (Wildman–Crippen MR) is 87.6 cm³/mol. The largest absolute Gasteiger partial charge is 0.352 e. The van der Waals surface area contributed by atoms with Crippen LogP contribution in [-0.2, 0) is 6.42 Å². The molecule has 1 aliphatic rings. The van der Waals surface area contributed by atoms with Crippen molar-refractivity contribution in [3.63, 3.8) is 0 Å². The van der Waals surface area contributed by atoms with E-state index in [1.807, 2.05) is 7.05 Å². The molecule has 0 fully saturated rings. The number of rotatable bonds is 7. The zero-order valence-corrected chi connectivity index (χ0v) is 13.5. The molecule has 2 unspecified atom stereocenters. The standard InChI is InChI=1S/C18H28N2O/c1-4-6-7-13(5-2)17(19-3)15-9-8-14-10-11-20-18(21)16(14)12-15/h8-9,12-13,17,19H,4-7,10-11H2,1-3H3,(H,20,21). The average Bonchev–Trinajstić information content (AvgIpc) is 2.52. The van der Waals surface area contributed by atoms with E-state index in [-0.39, 0.29) is 5.91 Å². The summed E-state index contributed by atoms with van der Waals surface area (Å²) >= 11 is 0. The number of hydrogen-bond acceptors (Lipinski definition) is 2. The van der Waals surface area contributed by atoms with Crippen LogP contribution in [0.3, 0.4) is 0 Å². The van der Waals surface area contributed by atoms with Crippen LogP contribution >= 0.6 is 0 Å². The minimum atomic E-state index is 0.0783. The third-order valence-corrected chi connectivity index (χ3v) is 4.65. The molecule has 3 heteroatoms. The highest BCUT2D eigenvalue weighted by Crippen LogP contribution is 2.30. The summed E-state index contributed by atoms with van der Waals surface area (Å²) in [5.74, 6) is 0.703. The lowest BCUT2D eigenvalue weighted by Crippen LogP contribution is -2.32. The van der Waals surface area contributed by atoms with Gasteiger partial charge in [-0.05, 0) is 43.0 Å². The van der Waals surface area contributed by atoms with Gasteiger partial charge in [0.25, 0.3) is 5.91 Å². The third-order valence-electron chi connectivity index (χ3n) is 4.65. The molecule has 1 heterocycles. The van der Waals surface area contributed by atoms with Gasteiger partial charge in [0.2, 0.25) is 0 Å². The Morgan fingerprint density at radius 1 is 1.33 bits per heavy atom. The van der Waals surface area contributed by atoms with Crippen molar-refractivity contribution in [3.8, 4) is 0 Å². The molecule has 2 rings (SSSR count). The van der Waals surface area contributed by atoms with E-state index in [2.05, 4.69) is 42.7 Å². The van der Waals surface area contributed by atoms with E-state index in [0.717, 1.165) is 24.9 Å². The van der Waals surface area contributed by atoms with Crippen molar-refractivity contribution < 1.29 is 4.79 Å². The number of nitrogens with one attached hydrogen (secondary N) is 2. The highest BCUT2D eigenvalue weighted by Gasteiger charge is 2.23. The molecular formula is C18H28N2O. The van der Waals surface area contributed by atoms with Crippen LogP contribution < -0.4 is 10.6 Å². The zero-order chi connectivity index (χ0) is 15.2. The minimum absolute atomic E-state index is 0.0783. The first-order valence-corrected chi connectivity index (χ1v) is 8.29. The van der Waals surface area contributed by atoms with Crippen LogP contribution in [0.1, 0.15) is 67.1 Å². The van der Waals surface area contributed by atoms with Crippen LogP contribution in [0.4, 0.5) is 0 Å². The van der Waals surface area contributed by atoms with E-state index in [0.29, 0.717) is 12.0 Å². The summed E-state index contributed by atoms with van der Waals surface area (Å²) < 4.78 is 0. The lowest BCUT2D eigenvalue weighted by molar-refractivity contribution is 0.0946. The van der Waals surface area contributed by atoms with Crippen molar-refractivity contribution in [3.05, 3.63) is 34.9 Å². The van der Waals surface area contributed by atoms with Crippen molar-refractivity contribution >= 4 is 5.91 Å². The molecule has 0 spiro atoms. The molecule has 116 valence electrons. The molecule has 2 N–H and O–H groups in total. The predicted octanol–water partition coefficient (Wildman–Crippen LogP) is 3.45. The maximum absolute atomic E-state index is 12.0. The lowest BCUT2D eigenvalue weighted by atomic mass is 9.85. The van der Waals surface area contributed by atoms with Crippen LogP contribution in [0.15, 0.2) is 18.2 Å². The van der Waals surface area contributed by atoms with Gasteiger partial charge in [0.15, 0.2) is 0 Å². The smallest absolute Gasteiger partial charge is 0.251 e. The Morgan fingerprint density at radius 2 is 2.14 bits per heavy atom. The molecule has 0 bridgehead atoms. The van der Waals surface area contributed by atoms with E-state index in [1.54, 1.807) is 0 Å². The lowest BCUT2D eigenvalue weighted by Gasteiger charge is -2.28. The fourth-order valence-corrected chi connectivity index (χ4v) is 3.37. The van der Waals surface area contributed by atoms with Gasteiger partial charge in [-0.3, -0.25) is 4.79 Å². The number of hydrogen-bond donors (Lipinski definition) is 2. The van der Waals surface area contributed by atoms with Gasteiger partial charge in [0.1, 0.15) is 0 Å². The molecule has 1 aliphatic heterocycles. The first kappa shape index (κ1) is 16.0. The number of amides is 1. The highest BCUT2D eigenvalue weighted by molar-refractivity contribution is 5.96. The molecule has 0 aliphatic carbocycles. The van der Waals surface area contributed by atoms with Crippen LogP contribution in [0, 0.1) is 5.92 Å². The number of unbranched alkanes of at least 4 members (excludes halogenated alkanes) is 1. The molecule has 0 radical (unpaired) electrons. The first-order chi connectivity index (χ1) is 10.2. The van der Waals surface area contributed by atoms with E-state index in [1.165, 1.54) is 30.4 Å². The summed E-state index contributed by atoms with van der Waals surface area (Å²) in [7, 11) is 2.03. The van der Waals surface area contributed by atoms with Gasteiger partial charge in [-0.25, -0.2) is 0 Å². The summed E-state index contributed by atoms with van der Waals surface area (Å²) in [5, 5.41) is 6.41. The molecule has 1 aromatic carbocycles. The van der Waals surface area contributed by atoms with Gasteiger partial charge in [-0.1, -0.05) is 45.2 Å². The van der Waals surface area contributed by atoms with Gasteiger partial charge in [0, 0.05) is 18.2 Å². The van der Waals surface area contributed by atoms with Crippen molar-refractivity contribution in [1.29, 1.82) is 0 Å². The Hall–Kier alpha value is -1.35. The van der Waals surface area contributed by atoms with Gasteiger partial charge in [-0.2, -0.15) is 0 Å². The van der Waals surface area contributed by atoms with Crippen molar-refractivity contribution in [2.45, 2.75) is 52.0 Å². The fraction of sp³-hybridized carbons (Fsp3) is 0.611. The summed E-state index contributed by atoms with van der Waals surface area (Å²) in [6, 6.07) is 6.77. The van der Waals surface area contributed by atoms with Crippen LogP contribution in [-0.4, -0.2) is 19.5 Å². The fourth-order valence-electron chi connectivity index (χ4n) is 3.37. The van der Waals surface area contributed by atoms with Gasteiger partial charge < -0.3 is 10.6 Å². The number of carbonyl (C=O) groups is 1. The molecule has 3 nitrogen and oxygen atoms in total. The normalized spacial score (nSPS) is 17.0. The van der Waals surface area contributed by atoms with Crippen molar-refractivity contribution in [1.82, 2.24) is 10.6 Å². The average molecular weight is 288 g/mol. The minimum Gasteiger partial charge on any atom is -0.352 e. The maximum atomic E-state index is 12.0. The van der Waals surface area contributed by atoms with Crippen molar-refractivity contribution in [2.75, 3.05) is 13.6 Å². The second-order valence-electron chi connectivity index (χ2n) is 6.00. The Kier molecular flexibility index (Phi) is 5.80. The van der Waals surface area contributed by atoms with Gasteiger partial charge in [-0.15, -0.1) is 0 Å². The highest BCUT2D eigenvalue weighted by atomic mass is 16.1. The summed E-state index contributed by atoms with van der Waals surface area (Å²) in [6.45, 7) is 5.26. The Balaban J connectivity index is 2.25. The number of benzene rings is 1. The van der Waals surface area contributed by atoms with Crippen molar-refractivity contribution in [2.24, 2.45) is 5.92 Å². The SMILES string of the molecule is CCCCC(CC)C(NC)c1ccc2c(c1)C(=O)NCC2. The topological polar surface area (TPSA) is 41.1 Å². The molecular weight excluding hydrogens is 260 g/mol. The molecule has 0 saturated heterocycles. The van der Waals surface area contributed by atoms with Crippen LogP contribution in [0.25, 0.3) is 0 Å². The molecule has 1 amide bonds. The van der Waals surface area contributed by atoms with E-state index >= 15 is 0 Å². The number of fused-ring (bicyclic) bond motifs is 1. The van der Waals surface area contributed by atoms with Gasteiger partial charge >= 0.3 is 0 Å². The Labute approximate surface area is 128 Å². The zero-order valence-electron chi connectivity index (χ0n) is 13.5. The quantitative estimate of drug-likeness (QED) is 0.807. The molecule has 0 aromatic heterocycles. The van der Waals surface area contributed by atoms with Crippen LogP contribution in [0.2, 0.25) is 0 Å². The Bertz CT molecular complexity index is 484. The monoisotopic (exact) mass is 288 g/mol. The first-order valence-electron chi connectivity index (χ1n) is 8.29. The summed E-state index contributed by atoms with van der Waals surface area (Å²) in [6.07, 6.45) is 5.84. The number of carbonyl (C=O) groups excluding carboxylic acids is 1. The maximum Gasteiger partial charge on any atom is 0.251 e. The molecule has 21 heavy (non-hydrogen) atoms.